The van der Waals surface area contributed by atoms with Gasteiger partial charge in [-0.15, -0.1) is 0 Å². The summed E-state index contributed by atoms with van der Waals surface area (Å²) in [6.07, 6.45) is 1.24. The average Bonchev–Trinajstić information content (AvgIpc) is 3.18. The number of nitro benzene ring substituents is 1. The van der Waals surface area contributed by atoms with Crippen LogP contribution < -0.4 is 9.47 Å². The van der Waals surface area contributed by atoms with Gasteiger partial charge in [-0.3, -0.25) is 10.1 Å². The van der Waals surface area contributed by atoms with Crippen LogP contribution in [0.25, 0.3) is 0 Å². The molecule has 8 nitrogen and oxygen atoms in total. The van der Waals surface area contributed by atoms with Crippen LogP contribution in [0.3, 0.4) is 0 Å². The molecule has 1 saturated heterocycles. The van der Waals surface area contributed by atoms with Crippen molar-refractivity contribution in [2.45, 2.75) is 23.8 Å². The fraction of sp³-hybridized carbons (Fsp3) is 0.333. The lowest BCUT2D eigenvalue weighted by atomic mass is 10.0. The van der Waals surface area contributed by atoms with E-state index < -0.39 is 32.5 Å². The van der Waals surface area contributed by atoms with Crippen molar-refractivity contribution in [1.82, 2.24) is 4.31 Å². The Bertz CT molecular complexity index is 1040. The average molecular weight is 408 g/mol. The number of hydrogen-bond donors (Lipinski definition) is 0. The van der Waals surface area contributed by atoms with Crippen molar-refractivity contribution in [2.75, 3.05) is 19.8 Å². The van der Waals surface area contributed by atoms with E-state index in [1.54, 1.807) is 18.2 Å². The summed E-state index contributed by atoms with van der Waals surface area (Å²) in [7, 11) is -4.04. The van der Waals surface area contributed by atoms with Gasteiger partial charge in [0.25, 0.3) is 0 Å². The molecule has 0 saturated carbocycles. The minimum absolute atomic E-state index is 0.270. The zero-order valence-electron chi connectivity index (χ0n) is 14.7. The van der Waals surface area contributed by atoms with Crippen molar-refractivity contribution < 1.29 is 27.2 Å². The Morgan fingerprint density at radius 1 is 1.11 bits per heavy atom. The molecule has 2 aromatic carbocycles. The van der Waals surface area contributed by atoms with Crippen LogP contribution in [0.5, 0.6) is 11.5 Å². The smallest absolute Gasteiger partial charge is 0.306 e. The highest BCUT2D eigenvalue weighted by Crippen LogP contribution is 2.40. The Morgan fingerprint density at radius 3 is 2.61 bits per heavy atom. The van der Waals surface area contributed by atoms with Crippen LogP contribution in [0, 0.1) is 15.9 Å². The highest BCUT2D eigenvalue weighted by molar-refractivity contribution is 7.89. The van der Waals surface area contributed by atoms with E-state index in [1.807, 2.05) is 0 Å². The number of sulfonamides is 1. The second kappa shape index (κ2) is 7.02. The Labute approximate surface area is 160 Å². The molecule has 28 heavy (non-hydrogen) atoms. The number of benzene rings is 2. The summed E-state index contributed by atoms with van der Waals surface area (Å²) in [4.78, 5) is 9.74. The summed E-state index contributed by atoms with van der Waals surface area (Å²) >= 11 is 0. The van der Waals surface area contributed by atoms with Crippen molar-refractivity contribution >= 4 is 15.7 Å². The van der Waals surface area contributed by atoms with Gasteiger partial charge in [0, 0.05) is 12.6 Å². The van der Waals surface area contributed by atoms with E-state index in [2.05, 4.69) is 0 Å². The molecule has 0 aromatic heterocycles. The summed E-state index contributed by atoms with van der Waals surface area (Å²) in [5.74, 6) is 0.0933. The second-order valence-corrected chi connectivity index (χ2v) is 8.44. The molecule has 1 atom stereocenters. The van der Waals surface area contributed by atoms with Crippen LogP contribution in [0.2, 0.25) is 0 Å². The van der Waals surface area contributed by atoms with Gasteiger partial charge in [0.2, 0.25) is 15.8 Å². The third-order valence-electron chi connectivity index (χ3n) is 4.88. The molecule has 148 valence electrons. The van der Waals surface area contributed by atoms with Crippen molar-refractivity contribution in [1.29, 1.82) is 0 Å². The first-order chi connectivity index (χ1) is 13.4. The van der Waals surface area contributed by atoms with Gasteiger partial charge in [0.05, 0.1) is 15.9 Å². The Morgan fingerprint density at radius 2 is 1.86 bits per heavy atom. The quantitative estimate of drug-likeness (QED) is 0.570. The fourth-order valence-electron chi connectivity index (χ4n) is 3.56. The highest BCUT2D eigenvalue weighted by Gasteiger charge is 2.37. The van der Waals surface area contributed by atoms with Crippen LogP contribution >= 0.6 is 0 Å². The molecular weight excluding hydrogens is 391 g/mol. The number of fused-ring (bicyclic) bond motifs is 1. The molecule has 0 amide bonds. The van der Waals surface area contributed by atoms with E-state index in [9.17, 15) is 22.9 Å². The maximum Gasteiger partial charge on any atom is 0.306 e. The minimum atomic E-state index is -4.04. The zero-order chi connectivity index (χ0) is 19.9. The molecule has 2 aliphatic rings. The van der Waals surface area contributed by atoms with E-state index in [0.717, 1.165) is 23.8 Å². The maximum atomic E-state index is 13.6. The van der Waals surface area contributed by atoms with Gasteiger partial charge in [0.1, 0.15) is 13.2 Å². The van der Waals surface area contributed by atoms with Gasteiger partial charge in [-0.2, -0.15) is 8.70 Å². The molecule has 10 heteroatoms. The molecule has 0 N–H and O–H groups in total. The van der Waals surface area contributed by atoms with E-state index >= 15 is 0 Å². The molecule has 0 radical (unpaired) electrons. The third-order valence-corrected chi connectivity index (χ3v) is 6.78. The summed E-state index contributed by atoms with van der Waals surface area (Å²) in [6.45, 7) is 1.15. The first-order valence-electron chi connectivity index (χ1n) is 8.73. The molecule has 4 rings (SSSR count). The van der Waals surface area contributed by atoms with Crippen molar-refractivity contribution in [3.05, 3.63) is 57.9 Å². The van der Waals surface area contributed by atoms with Gasteiger partial charge >= 0.3 is 5.69 Å². The standard InChI is InChI=1S/C18H17FN2O6S/c19-14-5-4-13(11-16(14)21(22)23)28(24,25)20-7-1-2-15(20)12-3-6-17-18(10-12)27-9-8-26-17/h3-6,10-11,15H,1-2,7-9H2/t15-/m1/s1. The molecule has 1 fully saturated rings. The topological polar surface area (TPSA) is 99.0 Å². The van der Waals surface area contributed by atoms with E-state index in [1.165, 1.54) is 4.31 Å². The number of ether oxygens (including phenoxy) is 2. The van der Waals surface area contributed by atoms with Crippen molar-refractivity contribution in [2.24, 2.45) is 0 Å². The van der Waals surface area contributed by atoms with Crippen LogP contribution in [-0.4, -0.2) is 37.4 Å². The number of rotatable bonds is 4. The van der Waals surface area contributed by atoms with E-state index in [4.69, 9.17) is 9.47 Å². The fourth-order valence-corrected chi connectivity index (χ4v) is 5.26. The van der Waals surface area contributed by atoms with Gasteiger partial charge in [0.15, 0.2) is 11.5 Å². The van der Waals surface area contributed by atoms with Crippen LogP contribution in [0.4, 0.5) is 10.1 Å². The third kappa shape index (κ3) is 3.18. The van der Waals surface area contributed by atoms with Gasteiger partial charge in [-0.1, -0.05) is 6.07 Å². The normalized spacial score (nSPS) is 19.5. The summed E-state index contributed by atoms with van der Waals surface area (Å²) in [5.41, 5.74) is -0.113. The van der Waals surface area contributed by atoms with Gasteiger partial charge < -0.3 is 9.47 Å². The first kappa shape index (κ1) is 18.6. The summed E-state index contributed by atoms with van der Waals surface area (Å²) in [6, 6.07) is 7.49. The lowest BCUT2D eigenvalue weighted by Crippen LogP contribution is -2.31. The Hall–Kier alpha value is -2.72. The molecule has 2 aromatic rings. The largest absolute Gasteiger partial charge is 0.486 e. The molecule has 0 spiro atoms. The molecular formula is C18H17FN2O6S. The summed E-state index contributed by atoms with van der Waals surface area (Å²) < 4.78 is 52.2. The lowest BCUT2D eigenvalue weighted by molar-refractivity contribution is -0.387. The molecule has 0 aliphatic carbocycles. The SMILES string of the molecule is O=[N+]([O-])c1cc(S(=O)(=O)N2CCC[C@@H]2c2ccc3c(c2)OCCO3)ccc1F. The number of hydrogen-bond acceptors (Lipinski definition) is 6. The molecule has 0 bridgehead atoms. The van der Waals surface area contributed by atoms with Gasteiger partial charge in [-0.05, 0) is 42.7 Å². The zero-order valence-corrected chi connectivity index (χ0v) is 15.5. The number of halogens is 1. The maximum absolute atomic E-state index is 13.6. The predicted molar refractivity (Wildman–Crippen MR) is 96.4 cm³/mol. The summed E-state index contributed by atoms with van der Waals surface area (Å²) in [5, 5.41) is 11.0. The number of nitrogens with zero attached hydrogens (tertiary/aromatic N) is 2. The minimum Gasteiger partial charge on any atom is -0.486 e. The van der Waals surface area contributed by atoms with E-state index in [-0.39, 0.29) is 11.4 Å². The molecule has 2 aliphatic heterocycles. The second-order valence-electron chi connectivity index (χ2n) is 6.55. The predicted octanol–water partition coefficient (Wildman–Crippen LogP) is 3.03. The monoisotopic (exact) mass is 408 g/mol. The van der Waals surface area contributed by atoms with Gasteiger partial charge in [-0.25, -0.2) is 8.42 Å². The lowest BCUT2D eigenvalue weighted by Gasteiger charge is -2.26. The highest BCUT2D eigenvalue weighted by atomic mass is 32.2. The van der Waals surface area contributed by atoms with Crippen molar-refractivity contribution in [3.8, 4) is 11.5 Å². The molecule has 0 unspecified atom stereocenters. The van der Waals surface area contributed by atoms with Crippen LogP contribution in [0.15, 0.2) is 41.3 Å². The first-order valence-corrected chi connectivity index (χ1v) is 10.2. The Kier molecular flexibility index (Phi) is 4.68. The molecule has 2 heterocycles. The van der Waals surface area contributed by atoms with E-state index in [0.29, 0.717) is 37.6 Å². The van der Waals surface area contributed by atoms with Crippen LogP contribution in [-0.2, 0) is 10.0 Å². The Balaban J connectivity index is 1.70. The van der Waals surface area contributed by atoms with Crippen molar-refractivity contribution in [3.63, 3.8) is 0 Å². The number of nitro groups is 1. The van der Waals surface area contributed by atoms with Crippen LogP contribution in [0.1, 0.15) is 24.4 Å².